The standard InChI is InChI=1S/C16H14N4O/c1-12-11-17-19-20(12)15-9-7-13(8-10-15)16(21)18-14-5-3-2-4-6-14/h2-11H,1H3,(H,18,21). The number of hydrogen-bond donors (Lipinski definition) is 1. The Labute approximate surface area is 122 Å². The van der Waals surface area contributed by atoms with Crippen LogP contribution in [0.4, 0.5) is 5.69 Å². The van der Waals surface area contributed by atoms with E-state index in [1.54, 1.807) is 23.0 Å². The first kappa shape index (κ1) is 13.1. The number of amides is 1. The summed E-state index contributed by atoms with van der Waals surface area (Å²) in [6, 6.07) is 16.6. The molecular weight excluding hydrogens is 264 g/mol. The topological polar surface area (TPSA) is 59.8 Å². The first-order valence-electron chi connectivity index (χ1n) is 6.58. The van der Waals surface area contributed by atoms with Gasteiger partial charge in [0.2, 0.25) is 0 Å². The third kappa shape index (κ3) is 2.81. The van der Waals surface area contributed by atoms with Gasteiger partial charge >= 0.3 is 0 Å². The molecule has 0 aliphatic rings. The van der Waals surface area contributed by atoms with Crippen molar-refractivity contribution >= 4 is 11.6 Å². The molecule has 0 bridgehead atoms. The summed E-state index contributed by atoms with van der Waals surface area (Å²) in [5.41, 5.74) is 3.19. The lowest BCUT2D eigenvalue weighted by Crippen LogP contribution is -2.11. The molecule has 104 valence electrons. The highest BCUT2D eigenvalue weighted by Gasteiger charge is 2.07. The van der Waals surface area contributed by atoms with Gasteiger partial charge in [-0.1, -0.05) is 23.4 Å². The van der Waals surface area contributed by atoms with Crippen molar-refractivity contribution in [3.63, 3.8) is 0 Å². The van der Waals surface area contributed by atoms with Crippen LogP contribution in [0.5, 0.6) is 0 Å². The first-order valence-corrected chi connectivity index (χ1v) is 6.58. The molecule has 0 spiro atoms. The zero-order valence-electron chi connectivity index (χ0n) is 11.5. The first-order chi connectivity index (χ1) is 10.2. The molecule has 0 atom stereocenters. The Morgan fingerprint density at radius 2 is 1.76 bits per heavy atom. The van der Waals surface area contributed by atoms with Gasteiger partial charge in [-0.25, -0.2) is 4.68 Å². The number of nitrogens with one attached hydrogen (secondary N) is 1. The number of rotatable bonds is 3. The van der Waals surface area contributed by atoms with Crippen LogP contribution in [0.1, 0.15) is 16.1 Å². The zero-order valence-corrected chi connectivity index (χ0v) is 11.5. The molecule has 1 amide bonds. The molecule has 5 nitrogen and oxygen atoms in total. The number of anilines is 1. The minimum absolute atomic E-state index is 0.136. The third-order valence-electron chi connectivity index (χ3n) is 3.13. The van der Waals surface area contributed by atoms with Gasteiger partial charge in [0, 0.05) is 11.3 Å². The lowest BCUT2D eigenvalue weighted by Gasteiger charge is -2.06. The quantitative estimate of drug-likeness (QED) is 0.801. The lowest BCUT2D eigenvalue weighted by molar-refractivity contribution is 0.102. The van der Waals surface area contributed by atoms with Crippen LogP contribution < -0.4 is 5.32 Å². The van der Waals surface area contributed by atoms with Gasteiger partial charge in [-0.05, 0) is 43.3 Å². The van der Waals surface area contributed by atoms with Crippen molar-refractivity contribution in [2.75, 3.05) is 5.32 Å². The minimum Gasteiger partial charge on any atom is -0.322 e. The summed E-state index contributed by atoms with van der Waals surface area (Å²) in [5.74, 6) is -0.136. The Morgan fingerprint density at radius 3 is 2.38 bits per heavy atom. The SMILES string of the molecule is Cc1cnnn1-c1ccc(C(=O)Nc2ccccc2)cc1. The van der Waals surface area contributed by atoms with E-state index in [-0.39, 0.29) is 5.91 Å². The van der Waals surface area contributed by atoms with Gasteiger partial charge in [-0.3, -0.25) is 4.79 Å². The smallest absolute Gasteiger partial charge is 0.255 e. The predicted octanol–water partition coefficient (Wildman–Crippen LogP) is 2.83. The van der Waals surface area contributed by atoms with Crippen molar-refractivity contribution in [3.8, 4) is 5.69 Å². The summed E-state index contributed by atoms with van der Waals surface area (Å²) in [5, 5.41) is 10.7. The maximum atomic E-state index is 12.1. The molecule has 0 aliphatic carbocycles. The highest BCUT2D eigenvalue weighted by atomic mass is 16.1. The Balaban J connectivity index is 1.78. The van der Waals surface area contributed by atoms with E-state index in [1.807, 2.05) is 49.4 Å². The number of para-hydroxylation sites is 1. The summed E-state index contributed by atoms with van der Waals surface area (Å²) in [4.78, 5) is 12.1. The van der Waals surface area contributed by atoms with Gasteiger partial charge in [0.25, 0.3) is 5.91 Å². The van der Waals surface area contributed by atoms with E-state index < -0.39 is 0 Å². The number of aryl methyl sites for hydroxylation is 1. The second-order valence-corrected chi connectivity index (χ2v) is 4.65. The van der Waals surface area contributed by atoms with Crippen molar-refractivity contribution in [2.45, 2.75) is 6.92 Å². The van der Waals surface area contributed by atoms with Gasteiger partial charge in [-0.2, -0.15) is 0 Å². The normalized spacial score (nSPS) is 10.3. The Hall–Kier alpha value is -2.95. The van der Waals surface area contributed by atoms with Crippen molar-refractivity contribution in [3.05, 3.63) is 72.1 Å². The van der Waals surface area contributed by atoms with Gasteiger partial charge in [0.15, 0.2) is 0 Å². The fourth-order valence-electron chi connectivity index (χ4n) is 2.02. The number of benzene rings is 2. The van der Waals surface area contributed by atoms with E-state index in [9.17, 15) is 4.79 Å². The van der Waals surface area contributed by atoms with Gasteiger partial charge in [0.1, 0.15) is 0 Å². The Bertz CT molecular complexity index is 747. The predicted molar refractivity (Wildman–Crippen MR) is 80.5 cm³/mol. The van der Waals surface area contributed by atoms with E-state index in [0.717, 1.165) is 17.1 Å². The second kappa shape index (κ2) is 5.58. The molecule has 1 N–H and O–H groups in total. The van der Waals surface area contributed by atoms with Crippen molar-refractivity contribution in [2.24, 2.45) is 0 Å². The molecule has 3 aromatic rings. The van der Waals surface area contributed by atoms with Crippen LogP contribution in [0.3, 0.4) is 0 Å². The fourth-order valence-corrected chi connectivity index (χ4v) is 2.02. The average molecular weight is 278 g/mol. The Morgan fingerprint density at radius 1 is 1.05 bits per heavy atom. The van der Waals surface area contributed by atoms with E-state index in [0.29, 0.717) is 5.56 Å². The number of aromatic nitrogens is 3. The van der Waals surface area contributed by atoms with Gasteiger partial charge < -0.3 is 5.32 Å². The fraction of sp³-hybridized carbons (Fsp3) is 0.0625. The van der Waals surface area contributed by atoms with Gasteiger partial charge in [0.05, 0.1) is 17.6 Å². The van der Waals surface area contributed by atoms with Crippen molar-refractivity contribution in [1.82, 2.24) is 15.0 Å². The molecule has 1 aromatic heterocycles. The number of carbonyl (C=O) groups excluding carboxylic acids is 1. The third-order valence-corrected chi connectivity index (χ3v) is 3.13. The van der Waals surface area contributed by atoms with Crippen LogP contribution in [0.15, 0.2) is 60.8 Å². The number of nitrogens with zero attached hydrogens (tertiary/aromatic N) is 3. The highest BCUT2D eigenvalue weighted by Crippen LogP contribution is 2.12. The molecule has 0 aliphatic heterocycles. The van der Waals surface area contributed by atoms with Crippen LogP contribution in [0.25, 0.3) is 5.69 Å². The Kier molecular flexibility index (Phi) is 3.47. The zero-order chi connectivity index (χ0) is 14.7. The second-order valence-electron chi connectivity index (χ2n) is 4.65. The van der Waals surface area contributed by atoms with E-state index >= 15 is 0 Å². The summed E-state index contributed by atoms with van der Waals surface area (Å²) in [6.45, 7) is 1.93. The molecule has 3 rings (SSSR count). The summed E-state index contributed by atoms with van der Waals surface area (Å²) in [6.07, 6.45) is 1.69. The van der Waals surface area contributed by atoms with Gasteiger partial charge in [-0.15, -0.1) is 5.10 Å². The van der Waals surface area contributed by atoms with Crippen LogP contribution in [0.2, 0.25) is 0 Å². The number of carbonyl (C=O) groups is 1. The average Bonchev–Trinajstić information content (AvgIpc) is 2.94. The largest absolute Gasteiger partial charge is 0.322 e. The minimum atomic E-state index is -0.136. The monoisotopic (exact) mass is 278 g/mol. The maximum Gasteiger partial charge on any atom is 0.255 e. The molecule has 0 saturated heterocycles. The molecule has 21 heavy (non-hydrogen) atoms. The van der Waals surface area contributed by atoms with E-state index in [4.69, 9.17) is 0 Å². The van der Waals surface area contributed by atoms with Crippen LogP contribution >= 0.6 is 0 Å². The van der Waals surface area contributed by atoms with Crippen molar-refractivity contribution in [1.29, 1.82) is 0 Å². The van der Waals surface area contributed by atoms with Crippen LogP contribution in [-0.4, -0.2) is 20.9 Å². The van der Waals surface area contributed by atoms with Crippen LogP contribution in [-0.2, 0) is 0 Å². The van der Waals surface area contributed by atoms with E-state index in [1.165, 1.54) is 0 Å². The summed E-state index contributed by atoms with van der Waals surface area (Å²) in [7, 11) is 0. The molecule has 0 saturated carbocycles. The molecule has 5 heteroatoms. The lowest BCUT2D eigenvalue weighted by atomic mass is 10.2. The van der Waals surface area contributed by atoms with E-state index in [2.05, 4.69) is 15.6 Å². The van der Waals surface area contributed by atoms with Crippen molar-refractivity contribution < 1.29 is 4.79 Å². The molecule has 1 heterocycles. The summed E-state index contributed by atoms with van der Waals surface area (Å²) < 4.78 is 1.72. The number of hydrogen-bond acceptors (Lipinski definition) is 3. The molecule has 0 fully saturated rings. The molecular formula is C16H14N4O. The molecule has 0 radical (unpaired) electrons. The highest BCUT2D eigenvalue weighted by molar-refractivity contribution is 6.04. The molecule has 0 unspecified atom stereocenters. The summed E-state index contributed by atoms with van der Waals surface area (Å²) >= 11 is 0. The maximum absolute atomic E-state index is 12.1. The van der Waals surface area contributed by atoms with Crippen LogP contribution in [0, 0.1) is 6.92 Å². The molecule has 2 aromatic carbocycles.